The van der Waals surface area contributed by atoms with Gasteiger partial charge in [-0.25, -0.2) is 4.98 Å². The summed E-state index contributed by atoms with van der Waals surface area (Å²) in [4.78, 5) is 20.0. The van der Waals surface area contributed by atoms with E-state index in [4.69, 9.17) is 4.42 Å². The van der Waals surface area contributed by atoms with Crippen molar-refractivity contribution in [1.29, 1.82) is 0 Å². The van der Waals surface area contributed by atoms with Crippen molar-refractivity contribution in [2.45, 2.75) is 52.2 Å². The molecule has 1 fully saturated rings. The first kappa shape index (κ1) is 16.2. The van der Waals surface area contributed by atoms with E-state index < -0.39 is 6.10 Å². The van der Waals surface area contributed by atoms with E-state index in [0.717, 1.165) is 35.8 Å². The van der Waals surface area contributed by atoms with Gasteiger partial charge in [0.2, 0.25) is 0 Å². The Hall–Kier alpha value is -1.66. The Morgan fingerprint density at radius 1 is 1.52 bits per heavy atom. The molecule has 0 spiro atoms. The number of hydrogen-bond acceptors (Lipinski definition) is 5. The van der Waals surface area contributed by atoms with E-state index in [1.165, 1.54) is 11.3 Å². The molecule has 1 N–H and O–H groups in total. The van der Waals surface area contributed by atoms with Crippen LogP contribution in [0.2, 0.25) is 0 Å². The van der Waals surface area contributed by atoms with Crippen LogP contribution in [0.15, 0.2) is 16.5 Å². The molecular formula is C17H22N2O3S. The average Bonchev–Trinajstić information content (AvgIpc) is 3.18. The van der Waals surface area contributed by atoms with Gasteiger partial charge in [-0.15, -0.1) is 11.3 Å². The molecule has 0 saturated carbocycles. The predicted octanol–water partition coefficient (Wildman–Crippen LogP) is 3.40. The van der Waals surface area contributed by atoms with Gasteiger partial charge in [0.1, 0.15) is 10.6 Å². The summed E-state index contributed by atoms with van der Waals surface area (Å²) in [5, 5.41) is 10.4. The molecule has 2 atom stereocenters. The Labute approximate surface area is 140 Å². The highest BCUT2D eigenvalue weighted by atomic mass is 32.1. The quantitative estimate of drug-likeness (QED) is 0.930. The molecule has 3 heterocycles. The summed E-state index contributed by atoms with van der Waals surface area (Å²) in [5.41, 5.74) is 0.742. The standard InChI is InChI=1S/C17H22N2O3S/c1-10(20)9-13-5-4-8-19(13)17(21)15-12(3)18-16(23-15)14-7-6-11(2)22-14/h6-7,10,13,20H,4-5,8-9H2,1-3H3. The lowest BCUT2D eigenvalue weighted by atomic mass is 10.1. The lowest BCUT2D eigenvalue weighted by Gasteiger charge is -2.25. The molecule has 0 radical (unpaired) electrons. The number of aliphatic hydroxyl groups is 1. The van der Waals surface area contributed by atoms with Crippen molar-refractivity contribution in [2.24, 2.45) is 0 Å². The van der Waals surface area contributed by atoms with Crippen LogP contribution in [0, 0.1) is 13.8 Å². The van der Waals surface area contributed by atoms with Crippen molar-refractivity contribution in [3.63, 3.8) is 0 Å². The molecule has 0 aromatic carbocycles. The van der Waals surface area contributed by atoms with Gasteiger partial charge in [-0.05, 0) is 52.2 Å². The maximum atomic E-state index is 12.9. The van der Waals surface area contributed by atoms with Crippen LogP contribution in [-0.2, 0) is 0 Å². The third-order valence-electron chi connectivity index (χ3n) is 4.19. The SMILES string of the molecule is Cc1ccc(-c2nc(C)c(C(=O)N3CCCC3CC(C)O)s2)o1. The summed E-state index contributed by atoms with van der Waals surface area (Å²) in [6, 6.07) is 3.90. The first-order valence-corrected chi connectivity index (χ1v) is 8.80. The zero-order valence-electron chi connectivity index (χ0n) is 13.7. The lowest BCUT2D eigenvalue weighted by Crippen LogP contribution is -2.37. The number of carbonyl (C=O) groups excluding carboxylic acids is 1. The monoisotopic (exact) mass is 334 g/mol. The number of carbonyl (C=O) groups is 1. The third kappa shape index (κ3) is 3.33. The number of amides is 1. The Morgan fingerprint density at radius 3 is 2.96 bits per heavy atom. The summed E-state index contributed by atoms with van der Waals surface area (Å²) in [7, 11) is 0. The van der Waals surface area contributed by atoms with Gasteiger partial charge < -0.3 is 14.4 Å². The minimum Gasteiger partial charge on any atom is -0.459 e. The number of nitrogens with zero attached hydrogens (tertiary/aromatic N) is 2. The summed E-state index contributed by atoms with van der Waals surface area (Å²) in [6.07, 6.45) is 2.19. The molecule has 0 aliphatic carbocycles. The van der Waals surface area contributed by atoms with Gasteiger partial charge in [0, 0.05) is 12.6 Å². The number of aromatic nitrogens is 1. The molecule has 5 nitrogen and oxygen atoms in total. The normalized spacial score (nSPS) is 19.3. The second-order valence-corrected chi connectivity index (χ2v) is 7.22. The van der Waals surface area contributed by atoms with E-state index in [0.29, 0.717) is 17.1 Å². The van der Waals surface area contributed by atoms with Crippen molar-refractivity contribution in [2.75, 3.05) is 6.54 Å². The van der Waals surface area contributed by atoms with Crippen molar-refractivity contribution in [3.8, 4) is 10.8 Å². The number of likely N-dealkylation sites (tertiary alicyclic amines) is 1. The van der Waals surface area contributed by atoms with Crippen LogP contribution < -0.4 is 0 Å². The van der Waals surface area contributed by atoms with Crippen LogP contribution in [0.4, 0.5) is 0 Å². The number of rotatable bonds is 4. The first-order valence-electron chi connectivity index (χ1n) is 7.99. The van der Waals surface area contributed by atoms with Gasteiger partial charge >= 0.3 is 0 Å². The van der Waals surface area contributed by atoms with Crippen LogP contribution >= 0.6 is 11.3 Å². The number of thiazole rings is 1. The highest BCUT2D eigenvalue weighted by Crippen LogP contribution is 2.32. The van der Waals surface area contributed by atoms with Crippen LogP contribution in [0.1, 0.15) is 47.3 Å². The van der Waals surface area contributed by atoms with Crippen LogP contribution in [0.5, 0.6) is 0 Å². The average molecular weight is 334 g/mol. The topological polar surface area (TPSA) is 66.6 Å². The van der Waals surface area contributed by atoms with Crippen molar-refractivity contribution in [1.82, 2.24) is 9.88 Å². The zero-order valence-corrected chi connectivity index (χ0v) is 14.5. The Morgan fingerprint density at radius 2 is 2.30 bits per heavy atom. The van der Waals surface area contributed by atoms with Crippen molar-refractivity contribution >= 4 is 17.2 Å². The van der Waals surface area contributed by atoms with Gasteiger partial charge in [0.05, 0.1) is 11.8 Å². The van der Waals surface area contributed by atoms with Gasteiger partial charge in [-0.2, -0.15) is 0 Å². The maximum absolute atomic E-state index is 12.9. The molecule has 3 rings (SSSR count). The molecule has 2 unspecified atom stereocenters. The summed E-state index contributed by atoms with van der Waals surface area (Å²) >= 11 is 1.38. The molecule has 1 amide bonds. The number of hydrogen-bond donors (Lipinski definition) is 1. The molecule has 2 aromatic rings. The molecule has 1 aliphatic heterocycles. The van der Waals surface area contributed by atoms with E-state index in [9.17, 15) is 9.90 Å². The summed E-state index contributed by atoms with van der Waals surface area (Å²) in [6.45, 7) is 6.28. The Balaban J connectivity index is 1.83. The number of aryl methyl sites for hydroxylation is 2. The molecule has 23 heavy (non-hydrogen) atoms. The fraction of sp³-hybridized carbons (Fsp3) is 0.529. The predicted molar refractivity (Wildman–Crippen MR) is 89.6 cm³/mol. The van der Waals surface area contributed by atoms with Gasteiger partial charge in [0.25, 0.3) is 5.91 Å². The lowest BCUT2D eigenvalue weighted by molar-refractivity contribution is 0.0686. The first-order chi connectivity index (χ1) is 11.0. The van der Waals surface area contributed by atoms with E-state index in [1.54, 1.807) is 6.92 Å². The summed E-state index contributed by atoms with van der Waals surface area (Å²) < 4.78 is 5.61. The van der Waals surface area contributed by atoms with Crippen LogP contribution in [-0.4, -0.2) is 39.6 Å². The van der Waals surface area contributed by atoms with E-state index >= 15 is 0 Å². The zero-order chi connectivity index (χ0) is 16.6. The van der Waals surface area contributed by atoms with Crippen molar-refractivity contribution in [3.05, 3.63) is 28.5 Å². The number of furan rings is 1. The van der Waals surface area contributed by atoms with E-state index in [-0.39, 0.29) is 11.9 Å². The second kappa shape index (κ2) is 6.45. The minimum absolute atomic E-state index is 0.0256. The molecule has 124 valence electrons. The highest BCUT2D eigenvalue weighted by Gasteiger charge is 2.32. The minimum atomic E-state index is -0.391. The van der Waals surface area contributed by atoms with Gasteiger partial charge in [-0.1, -0.05) is 0 Å². The van der Waals surface area contributed by atoms with Gasteiger partial charge in [0.15, 0.2) is 10.8 Å². The fourth-order valence-electron chi connectivity index (χ4n) is 3.12. The largest absolute Gasteiger partial charge is 0.459 e. The summed E-state index contributed by atoms with van der Waals surface area (Å²) in [5.74, 6) is 1.56. The molecule has 1 aliphatic rings. The maximum Gasteiger partial charge on any atom is 0.266 e. The van der Waals surface area contributed by atoms with Crippen molar-refractivity contribution < 1.29 is 14.3 Å². The van der Waals surface area contributed by atoms with Crippen LogP contribution in [0.3, 0.4) is 0 Å². The molecule has 2 aromatic heterocycles. The van der Waals surface area contributed by atoms with E-state index in [1.807, 2.05) is 30.9 Å². The number of aliphatic hydroxyl groups excluding tert-OH is 1. The van der Waals surface area contributed by atoms with Crippen LogP contribution in [0.25, 0.3) is 10.8 Å². The molecule has 1 saturated heterocycles. The van der Waals surface area contributed by atoms with E-state index in [2.05, 4.69) is 4.98 Å². The smallest absolute Gasteiger partial charge is 0.266 e. The highest BCUT2D eigenvalue weighted by molar-refractivity contribution is 7.17. The Bertz CT molecular complexity index is 705. The fourth-order valence-corrected chi connectivity index (χ4v) is 4.11. The molecule has 6 heteroatoms. The molecular weight excluding hydrogens is 312 g/mol. The Kier molecular flexibility index (Phi) is 4.55. The second-order valence-electron chi connectivity index (χ2n) is 6.22. The third-order valence-corrected chi connectivity index (χ3v) is 5.35. The van der Waals surface area contributed by atoms with Gasteiger partial charge in [-0.3, -0.25) is 4.79 Å². The molecule has 0 bridgehead atoms.